The predicted molar refractivity (Wildman–Crippen MR) is 99.5 cm³/mol. The van der Waals surface area contributed by atoms with Crippen molar-refractivity contribution in [3.8, 4) is 11.3 Å². The van der Waals surface area contributed by atoms with Crippen LogP contribution >= 0.6 is 0 Å². The number of halogens is 1. The molecule has 3 rings (SSSR count). The number of furan rings is 1. The topological polar surface area (TPSA) is 88.6 Å². The summed E-state index contributed by atoms with van der Waals surface area (Å²) in [5, 5.41) is 2.84. The van der Waals surface area contributed by atoms with Crippen LogP contribution in [0.2, 0.25) is 0 Å². The molecular formula is C20H24FN3O3. The molecule has 1 aromatic heterocycles. The summed E-state index contributed by atoms with van der Waals surface area (Å²) in [5.41, 5.74) is 5.71. The molecule has 1 atom stereocenters. The molecule has 6 nitrogen and oxygen atoms in total. The smallest absolute Gasteiger partial charge is 0.289 e. The number of rotatable bonds is 6. The van der Waals surface area contributed by atoms with Crippen molar-refractivity contribution in [2.24, 2.45) is 5.73 Å². The molecule has 27 heavy (non-hydrogen) atoms. The van der Waals surface area contributed by atoms with Crippen LogP contribution in [-0.2, 0) is 4.79 Å². The van der Waals surface area contributed by atoms with Gasteiger partial charge in [-0.25, -0.2) is 4.39 Å². The Bertz CT molecular complexity index is 805. The molecule has 1 aromatic carbocycles. The van der Waals surface area contributed by atoms with Crippen LogP contribution in [0.5, 0.6) is 0 Å². The summed E-state index contributed by atoms with van der Waals surface area (Å²) in [7, 11) is 0. The lowest BCUT2D eigenvalue weighted by Crippen LogP contribution is -2.49. The molecule has 0 aliphatic carbocycles. The highest BCUT2D eigenvalue weighted by Gasteiger charge is 2.29. The van der Waals surface area contributed by atoms with Crippen LogP contribution in [0.15, 0.2) is 40.8 Å². The van der Waals surface area contributed by atoms with Gasteiger partial charge in [0.05, 0.1) is 5.56 Å². The molecule has 3 N–H and O–H groups in total. The average molecular weight is 373 g/mol. The van der Waals surface area contributed by atoms with E-state index in [0.29, 0.717) is 31.0 Å². The molecule has 2 amide bonds. The largest absolute Gasteiger partial charge is 0.451 e. The van der Waals surface area contributed by atoms with Crippen molar-refractivity contribution >= 4 is 11.8 Å². The summed E-state index contributed by atoms with van der Waals surface area (Å²) in [6.45, 7) is 1.29. The lowest BCUT2D eigenvalue weighted by molar-refractivity contribution is -0.121. The quantitative estimate of drug-likeness (QED) is 0.814. The van der Waals surface area contributed by atoms with Gasteiger partial charge in [0.25, 0.3) is 5.91 Å². The number of nitrogens with two attached hydrogens (primary N) is 1. The molecule has 144 valence electrons. The molecule has 0 radical (unpaired) electrons. The number of carbonyl (C=O) groups excluding carboxylic acids is 2. The number of carbonyl (C=O) groups is 2. The lowest BCUT2D eigenvalue weighted by atomic mass is 10.0. The van der Waals surface area contributed by atoms with E-state index in [0.717, 1.165) is 19.3 Å². The molecule has 1 unspecified atom stereocenters. The second-order valence-corrected chi connectivity index (χ2v) is 6.63. The van der Waals surface area contributed by atoms with Gasteiger partial charge in [-0.05, 0) is 43.5 Å². The lowest BCUT2D eigenvalue weighted by Gasteiger charge is -2.35. The van der Waals surface area contributed by atoms with Gasteiger partial charge in [-0.1, -0.05) is 12.1 Å². The number of piperidine rings is 1. The minimum Gasteiger partial charge on any atom is -0.451 e. The van der Waals surface area contributed by atoms with Crippen molar-refractivity contribution in [1.29, 1.82) is 0 Å². The maximum absolute atomic E-state index is 13.9. The van der Waals surface area contributed by atoms with Gasteiger partial charge in [-0.3, -0.25) is 9.59 Å². The molecule has 1 fully saturated rings. The molecule has 1 saturated heterocycles. The van der Waals surface area contributed by atoms with Crippen LogP contribution in [0.1, 0.15) is 36.2 Å². The first-order chi connectivity index (χ1) is 13.1. The molecule has 0 saturated carbocycles. The molecular weight excluding hydrogens is 349 g/mol. The number of amides is 2. The van der Waals surface area contributed by atoms with Crippen LogP contribution in [0, 0.1) is 5.82 Å². The minimum atomic E-state index is -0.399. The summed E-state index contributed by atoms with van der Waals surface area (Å²) in [4.78, 5) is 26.3. The van der Waals surface area contributed by atoms with Crippen LogP contribution in [0.3, 0.4) is 0 Å². The summed E-state index contributed by atoms with van der Waals surface area (Å²) >= 11 is 0. The van der Waals surface area contributed by atoms with Crippen LogP contribution in [0.4, 0.5) is 4.39 Å². The second kappa shape index (κ2) is 8.81. The Hall–Kier alpha value is -2.67. The normalized spacial score (nSPS) is 17.0. The summed E-state index contributed by atoms with van der Waals surface area (Å²) in [6, 6.07) is 9.37. The maximum atomic E-state index is 13.9. The fraction of sp³-hybridized carbons (Fsp3) is 0.400. The Morgan fingerprint density at radius 3 is 2.81 bits per heavy atom. The summed E-state index contributed by atoms with van der Waals surface area (Å²) in [6.07, 6.45) is 2.99. The number of hydrogen-bond donors (Lipinski definition) is 2. The van der Waals surface area contributed by atoms with Crippen molar-refractivity contribution in [1.82, 2.24) is 10.2 Å². The van der Waals surface area contributed by atoms with Gasteiger partial charge in [0.1, 0.15) is 11.6 Å². The number of nitrogens with zero attached hydrogens (tertiary/aromatic N) is 1. The highest BCUT2D eigenvalue weighted by atomic mass is 19.1. The molecule has 1 aliphatic heterocycles. The Morgan fingerprint density at radius 1 is 1.22 bits per heavy atom. The molecule has 7 heteroatoms. The van der Waals surface area contributed by atoms with Crippen LogP contribution < -0.4 is 11.1 Å². The van der Waals surface area contributed by atoms with Crippen molar-refractivity contribution in [2.75, 3.05) is 19.6 Å². The third-order valence-corrected chi connectivity index (χ3v) is 4.75. The average Bonchev–Trinajstić information content (AvgIpc) is 3.16. The van der Waals surface area contributed by atoms with E-state index < -0.39 is 5.82 Å². The highest BCUT2D eigenvalue weighted by molar-refractivity contribution is 5.92. The zero-order valence-electron chi connectivity index (χ0n) is 15.1. The second-order valence-electron chi connectivity index (χ2n) is 6.63. The third kappa shape index (κ3) is 4.54. The summed E-state index contributed by atoms with van der Waals surface area (Å²) < 4.78 is 19.6. The van der Waals surface area contributed by atoms with E-state index in [-0.39, 0.29) is 30.0 Å². The van der Waals surface area contributed by atoms with E-state index in [2.05, 4.69) is 5.32 Å². The first-order valence-corrected chi connectivity index (χ1v) is 9.22. The molecule has 0 spiro atoms. The third-order valence-electron chi connectivity index (χ3n) is 4.75. The molecule has 2 aromatic rings. The van der Waals surface area contributed by atoms with Gasteiger partial charge in [0.2, 0.25) is 5.91 Å². The standard InChI is InChI=1S/C20H24FN3O3/c21-16-7-2-1-6-15(16)17-8-9-18(27-17)20(26)24-12-4-3-5-14(24)13-23-19(25)10-11-22/h1-2,6-9,14H,3-5,10-13,22H2,(H,23,25). The zero-order valence-corrected chi connectivity index (χ0v) is 15.1. The Kier molecular flexibility index (Phi) is 6.24. The van der Waals surface area contributed by atoms with Gasteiger partial charge < -0.3 is 20.4 Å². The van der Waals surface area contributed by atoms with Gasteiger partial charge in [-0.2, -0.15) is 0 Å². The first kappa shape index (κ1) is 19.1. The fourth-order valence-corrected chi connectivity index (χ4v) is 3.33. The van der Waals surface area contributed by atoms with E-state index in [1.165, 1.54) is 6.07 Å². The van der Waals surface area contributed by atoms with E-state index in [1.807, 2.05) is 0 Å². The first-order valence-electron chi connectivity index (χ1n) is 9.22. The fourth-order valence-electron chi connectivity index (χ4n) is 3.33. The van der Waals surface area contributed by atoms with E-state index in [9.17, 15) is 14.0 Å². The molecule has 2 heterocycles. The number of likely N-dealkylation sites (tertiary alicyclic amines) is 1. The van der Waals surface area contributed by atoms with E-state index >= 15 is 0 Å². The Balaban J connectivity index is 1.71. The van der Waals surface area contributed by atoms with Crippen LogP contribution in [-0.4, -0.2) is 42.4 Å². The van der Waals surface area contributed by atoms with Crippen molar-refractivity contribution in [2.45, 2.75) is 31.7 Å². The van der Waals surface area contributed by atoms with Crippen molar-refractivity contribution in [3.05, 3.63) is 48.0 Å². The van der Waals surface area contributed by atoms with Crippen LogP contribution in [0.25, 0.3) is 11.3 Å². The monoisotopic (exact) mass is 373 g/mol. The number of nitrogens with one attached hydrogen (secondary N) is 1. The highest BCUT2D eigenvalue weighted by Crippen LogP contribution is 2.27. The SMILES string of the molecule is NCCC(=O)NCC1CCCCN1C(=O)c1ccc(-c2ccccc2F)o1. The maximum Gasteiger partial charge on any atom is 0.289 e. The van der Waals surface area contributed by atoms with Crippen molar-refractivity contribution in [3.63, 3.8) is 0 Å². The Morgan fingerprint density at radius 2 is 2.04 bits per heavy atom. The predicted octanol–water partition coefficient (Wildman–Crippen LogP) is 2.55. The molecule has 1 aliphatic rings. The Labute approximate surface area is 157 Å². The van der Waals surface area contributed by atoms with Gasteiger partial charge in [0.15, 0.2) is 5.76 Å². The van der Waals surface area contributed by atoms with E-state index in [4.69, 9.17) is 10.2 Å². The number of hydrogen-bond acceptors (Lipinski definition) is 4. The molecule has 0 bridgehead atoms. The zero-order chi connectivity index (χ0) is 19.2. The summed E-state index contributed by atoms with van der Waals surface area (Å²) in [5.74, 6) is -0.260. The number of benzene rings is 1. The van der Waals surface area contributed by atoms with Gasteiger partial charge >= 0.3 is 0 Å². The van der Waals surface area contributed by atoms with Gasteiger partial charge in [-0.15, -0.1) is 0 Å². The van der Waals surface area contributed by atoms with E-state index in [1.54, 1.807) is 35.2 Å². The van der Waals surface area contributed by atoms with Crippen molar-refractivity contribution < 1.29 is 18.4 Å². The van der Waals surface area contributed by atoms with Gasteiger partial charge in [0, 0.05) is 32.1 Å². The minimum absolute atomic E-state index is 0.0880.